The average molecular weight is 850 g/mol. The van der Waals surface area contributed by atoms with Gasteiger partial charge in [0.2, 0.25) is 47.3 Å². The molecule has 8 amide bonds. The Morgan fingerprint density at radius 3 is 1.74 bits per heavy atom. The fourth-order valence-electron chi connectivity index (χ4n) is 5.79. The number of primary amides is 1. The maximum atomic E-state index is 13.9. The first-order chi connectivity index (χ1) is 28.9. The van der Waals surface area contributed by atoms with E-state index in [1.54, 1.807) is 30.3 Å². The number of phenolic OH excluding ortho intramolecular Hbond substituents is 1. The van der Waals surface area contributed by atoms with Gasteiger partial charge in [0.25, 0.3) is 0 Å². The normalized spacial score (nSPS) is 13.9. The molecule has 0 bridgehead atoms. The number of aromatic amines is 1. The van der Waals surface area contributed by atoms with E-state index in [2.05, 4.69) is 47.2 Å². The lowest BCUT2D eigenvalue weighted by Gasteiger charge is -2.25. The molecular weight excluding hydrogens is 795 g/mol. The summed E-state index contributed by atoms with van der Waals surface area (Å²) in [5, 5.41) is 36.5. The summed E-state index contributed by atoms with van der Waals surface area (Å²) in [5.41, 5.74) is 12.5. The minimum Gasteiger partial charge on any atom is -0.508 e. The van der Waals surface area contributed by atoms with E-state index in [9.17, 15) is 43.5 Å². The number of aromatic nitrogens is 2. The van der Waals surface area contributed by atoms with Crippen molar-refractivity contribution < 1.29 is 48.6 Å². The number of hydrogen-bond donors (Lipinski definition) is 12. The highest BCUT2D eigenvalue weighted by Gasteiger charge is 2.31. The summed E-state index contributed by atoms with van der Waals surface area (Å²) in [6.45, 7) is 3.28. The lowest BCUT2D eigenvalue weighted by atomic mass is 10.0. The number of benzene rings is 2. The fourth-order valence-corrected chi connectivity index (χ4v) is 5.79. The van der Waals surface area contributed by atoms with Crippen LogP contribution in [0.25, 0.3) is 0 Å². The number of nitrogens with one attached hydrogen (secondary N) is 8. The van der Waals surface area contributed by atoms with E-state index in [1.807, 2.05) is 13.8 Å². The second kappa shape index (κ2) is 24.3. The lowest BCUT2D eigenvalue weighted by Crippen LogP contribution is -2.59. The highest BCUT2D eigenvalue weighted by Crippen LogP contribution is 2.13. The number of carbonyl (C=O) groups is 8. The average Bonchev–Trinajstić information content (AvgIpc) is 3.74. The topological polar surface area (TPSA) is 342 Å². The van der Waals surface area contributed by atoms with Crippen molar-refractivity contribution in [1.82, 2.24) is 47.2 Å². The predicted molar refractivity (Wildman–Crippen MR) is 219 cm³/mol. The number of hydrogen-bond acceptors (Lipinski definition) is 12. The van der Waals surface area contributed by atoms with Crippen LogP contribution in [-0.2, 0) is 57.6 Å². The zero-order valence-corrected chi connectivity index (χ0v) is 34.1. The van der Waals surface area contributed by atoms with Gasteiger partial charge >= 0.3 is 0 Å². The van der Waals surface area contributed by atoms with Crippen molar-refractivity contribution in [2.24, 2.45) is 17.4 Å². The molecule has 21 nitrogen and oxygen atoms in total. The van der Waals surface area contributed by atoms with Crippen LogP contribution in [0.5, 0.6) is 5.75 Å². The van der Waals surface area contributed by atoms with Crippen molar-refractivity contribution >= 4 is 47.3 Å². The zero-order valence-electron chi connectivity index (χ0n) is 34.1. The number of nitrogens with zero attached hydrogens (tertiary/aromatic N) is 1. The first kappa shape index (κ1) is 48.5. The SMILES string of the molecule is CC(C)CC(NC(=O)CNC(=O)C(Cc1ccccc1)NC(=O)C(C)NC(=O)C(Cc1ccc(O)cc1)NC(=O)C(Cc1cnc[nH]1)NC(=O)CNC(=O)C(N)CO)C(N)=O. The van der Waals surface area contributed by atoms with Crippen LogP contribution < -0.4 is 48.7 Å². The van der Waals surface area contributed by atoms with Crippen molar-refractivity contribution in [3.05, 3.63) is 83.9 Å². The summed E-state index contributed by atoms with van der Waals surface area (Å²) in [4.78, 5) is 111. The van der Waals surface area contributed by atoms with Crippen LogP contribution in [0.4, 0.5) is 0 Å². The molecular formula is C40H55N11O10. The molecule has 3 rings (SSSR count). The molecule has 1 heterocycles. The maximum absolute atomic E-state index is 13.9. The van der Waals surface area contributed by atoms with Crippen LogP contribution >= 0.6 is 0 Å². The largest absolute Gasteiger partial charge is 0.508 e. The highest BCUT2D eigenvalue weighted by atomic mass is 16.3. The molecule has 0 aliphatic heterocycles. The van der Waals surface area contributed by atoms with Crippen molar-refractivity contribution in [1.29, 1.82) is 0 Å². The molecule has 0 radical (unpaired) electrons. The van der Waals surface area contributed by atoms with Gasteiger partial charge in [0.05, 0.1) is 26.0 Å². The highest BCUT2D eigenvalue weighted by molar-refractivity contribution is 5.97. The van der Waals surface area contributed by atoms with Gasteiger partial charge in [-0.05, 0) is 42.5 Å². The molecule has 61 heavy (non-hydrogen) atoms. The quantitative estimate of drug-likeness (QED) is 0.0421. The molecule has 6 unspecified atom stereocenters. The second-order valence-corrected chi connectivity index (χ2v) is 14.7. The summed E-state index contributed by atoms with van der Waals surface area (Å²) < 4.78 is 0. The predicted octanol–water partition coefficient (Wildman–Crippen LogP) is -3.33. The lowest BCUT2D eigenvalue weighted by molar-refractivity contribution is -0.134. The van der Waals surface area contributed by atoms with E-state index < -0.39 is 103 Å². The number of H-pyrrole nitrogens is 1. The molecule has 2 aromatic carbocycles. The van der Waals surface area contributed by atoms with Crippen molar-refractivity contribution in [2.45, 2.75) is 82.7 Å². The van der Waals surface area contributed by atoms with E-state index in [4.69, 9.17) is 16.6 Å². The van der Waals surface area contributed by atoms with Crippen molar-refractivity contribution in [3.8, 4) is 5.75 Å². The van der Waals surface area contributed by atoms with Gasteiger partial charge in [0.15, 0.2) is 0 Å². The zero-order chi connectivity index (χ0) is 45.1. The summed E-state index contributed by atoms with van der Waals surface area (Å²) in [6, 6.07) is 7.08. The molecule has 0 aliphatic rings. The fraction of sp³-hybridized carbons (Fsp3) is 0.425. The van der Waals surface area contributed by atoms with Crippen LogP contribution in [0, 0.1) is 5.92 Å². The van der Waals surface area contributed by atoms with E-state index in [-0.39, 0.29) is 37.4 Å². The minimum atomic E-state index is -1.36. The Labute approximate surface area is 352 Å². The van der Waals surface area contributed by atoms with Crippen LogP contribution in [-0.4, -0.2) is 123 Å². The number of imidazole rings is 1. The van der Waals surface area contributed by atoms with Gasteiger partial charge in [-0.2, -0.15) is 0 Å². The van der Waals surface area contributed by atoms with Gasteiger partial charge in [-0.3, -0.25) is 38.4 Å². The number of aliphatic hydroxyl groups is 1. The van der Waals surface area contributed by atoms with E-state index >= 15 is 0 Å². The molecule has 0 saturated carbocycles. The maximum Gasteiger partial charge on any atom is 0.243 e. The molecule has 3 aromatic rings. The third-order valence-electron chi connectivity index (χ3n) is 9.07. The number of nitrogens with two attached hydrogens (primary N) is 2. The Kier molecular flexibility index (Phi) is 19.3. The van der Waals surface area contributed by atoms with Gasteiger partial charge in [-0.1, -0.05) is 56.3 Å². The van der Waals surface area contributed by atoms with Gasteiger partial charge in [0, 0.05) is 31.2 Å². The number of aromatic hydroxyl groups is 1. The molecule has 0 spiro atoms. The van der Waals surface area contributed by atoms with Gasteiger partial charge < -0.3 is 63.9 Å². The third kappa shape index (κ3) is 17.1. The number of amides is 8. The number of rotatable bonds is 24. The Hall–Kier alpha value is -6.87. The summed E-state index contributed by atoms with van der Waals surface area (Å²) in [7, 11) is 0. The van der Waals surface area contributed by atoms with Crippen molar-refractivity contribution in [2.75, 3.05) is 19.7 Å². The molecule has 6 atom stereocenters. The molecule has 21 heteroatoms. The van der Waals surface area contributed by atoms with E-state index in [0.717, 1.165) is 0 Å². The smallest absolute Gasteiger partial charge is 0.243 e. The van der Waals surface area contributed by atoms with E-state index in [1.165, 1.54) is 43.7 Å². The van der Waals surface area contributed by atoms with Crippen molar-refractivity contribution in [3.63, 3.8) is 0 Å². The Morgan fingerprint density at radius 2 is 1.18 bits per heavy atom. The van der Waals surface area contributed by atoms with Crippen LogP contribution in [0.3, 0.4) is 0 Å². The first-order valence-electron chi connectivity index (χ1n) is 19.5. The monoisotopic (exact) mass is 849 g/mol. The third-order valence-corrected chi connectivity index (χ3v) is 9.07. The summed E-state index contributed by atoms with van der Waals surface area (Å²) in [6.07, 6.45) is 2.81. The second-order valence-electron chi connectivity index (χ2n) is 14.7. The van der Waals surface area contributed by atoms with Gasteiger partial charge in [-0.25, -0.2) is 4.98 Å². The summed E-state index contributed by atoms with van der Waals surface area (Å²) in [5.74, 6) is -6.18. The van der Waals surface area contributed by atoms with Crippen LogP contribution in [0.15, 0.2) is 67.1 Å². The molecule has 14 N–H and O–H groups in total. The van der Waals surface area contributed by atoms with E-state index in [0.29, 0.717) is 16.8 Å². The Bertz CT molecular complexity index is 1950. The number of aliphatic hydroxyl groups excluding tert-OH is 1. The van der Waals surface area contributed by atoms with Gasteiger partial charge in [0.1, 0.15) is 42.0 Å². The minimum absolute atomic E-state index is 0.00114. The molecule has 330 valence electrons. The molecule has 0 aliphatic carbocycles. The molecule has 0 fully saturated rings. The Balaban J connectivity index is 1.77. The van der Waals surface area contributed by atoms with Gasteiger partial charge in [-0.15, -0.1) is 0 Å². The first-order valence-corrected chi connectivity index (χ1v) is 19.5. The van der Waals surface area contributed by atoms with Crippen LogP contribution in [0.2, 0.25) is 0 Å². The number of phenols is 1. The van der Waals surface area contributed by atoms with Crippen LogP contribution in [0.1, 0.15) is 44.0 Å². The standard InChI is InChI=1S/C40H55N11O10/c1-22(2)13-29(35(42)56)48-33(54)19-45-38(59)30(14-24-7-5-4-6-8-24)50-36(57)23(3)47-39(60)31(15-25-9-11-27(53)12-10-25)51-40(61)32(16-26-17-43-21-46-26)49-34(55)18-44-37(58)28(41)20-52/h4-12,17,21-23,28-32,52-53H,13-16,18-20,41H2,1-3H3,(H2,42,56)(H,43,46)(H,44,58)(H,45,59)(H,47,60)(H,48,54)(H,49,55)(H,50,57)(H,51,61). The molecule has 0 saturated heterocycles. The molecule has 1 aromatic heterocycles. The Morgan fingerprint density at radius 1 is 0.656 bits per heavy atom. The number of carbonyl (C=O) groups excluding carboxylic acids is 8. The summed E-state index contributed by atoms with van der Waals surface area (Å²) >= 11 is 0.